The van der Waals surface area contributed by atoms with Gasteiger partial charge >= 0.3 is 0 Å². The summed E-state index contributed by atoms with van der Waals surface area (Å²) in [5.41, 5.74) is 0.235. The molecule has 23 heavy (non-hydrogen) atoms. The van der Waals surface area contributed by atoms with Gasteiger partial charge in [0.2, 0.25) is 0 Å². The van der Waals surface area contributed by atoms with Gasteiger partial charge in [0.05, 0.1) is 12.7 Å². The second-order valence-corrected chi connectivity index (χ2v) is 6.26. The number of rotatable bonds is 6. The Labute approximate surface area is 137 Å². The van der Waals surface area contributed by atoms with Gasteiger partial charge in [-0.05, 0) is 31.2 Å². The first-order chi connectivity index (χ1) is 11.0. The van der Waals surface area contributed by atoms with E-state index < -0.39 is 5.82 Å². The van der Waals surface area contributed by atoms with Crippen LogP contribution in [0.4, 0.5) is 4.39 Å². The Morgan fingerprint density at radius 3 is 2.70 bits per heavy atom. The summed E-state index contributed by atoms with van der Waals surface area (Å²) in [6.45, 7) is 7.92. The van der Waals surface area contributed by atoms with Gasteiger partial charge in [-0.25, -0.2) is 4.39 Å². The van der Waals surface area contributed by atoms with Crippen molar-refractivity contribution in [2.75, 3.05) is 53.4 Å². The summed E-state index contributed by atoms with van der Waals surface area (Å²) >= 11 is 0. The van der Waals surface area contributed by atoms with E-state index in [4.69, 9.17) is 4.74 Å². The zero-order chi connectivity index (χ0) is 16.8. The van der Waals surface area contributed by atoms with Crippen LogP contribution >= 0.6 is 0 Å². The maximum Gasteiger partial charge on any atom is 0.255 e. The molecule has 0 bridgehead atoms. The Morgan fingerprint density at radius 1 is 1.35 bits per heavy atom. The molecule has 1 aliphatic heterocycles. The second kappa shape index (κ2) is 8.26. The van der Waals surface area contributed by atoms with Crippen LogP contribution in [0.5, 0.6) is 5.75 Å². The van der Waals surface area contributed by atoms with Crippen LogP contribution in [-0.2, 0) is 0 Å². The number of nitrogens with zero attached hydrogens (tertiary/aromatic N) is 2. The average Bonchev–Trinajstić information content (AvgIpc) is 2.54. The Balaban J connectivity index is 1.83. The van der Waals surface area contributed by atoms with E-state index in [-0.39, 0.29) is 11.5 Å². The fourth-order valence-corrected chi connectivity index (χ4v) is 2.76. The molecule has 1 aliphatic rings. The minimum Gasteiger partial charge on any atom is -0.496 e. The van der Waals surface area contributed by atoms with Crippen molar-refractivity contribution in [1.29, 1.82) is 0 Å². The highest BCUT2D eigenvalue weighted by Crippen LogP contribution is 2.19. The van der Waals surface area contributed by atoms with Gasteiger partial charge in [-0.3, -0.25) is 4.79 Å². The number of piperazine rings is 1. The molecule has 0 aromatic heterocycles. The van der Waals surface area contributed by atoms with E-state index in [1.165, 1.54) is 25.3 Å². The summed E-state index contributed by atoms with van der Waals surface area (Å²) in [5, 5.41) is 2.88. The minimum atomic E-state index is -0.443. The molecule has 0 radical (unpaired) electrons. The van der Waals surface area contributed by atoms with Gasteiger partial charge in [0.25, 0.3) is 5.91 Å². The van der Waals surface area contributed by atoms with Gasteiger partial charge in [0, 0.05) is 39.3 Å². The van der Waals surface area contributed by atoms with Gasteiger partial charge in [-0.2, -0.15) is 0 Å². The first kappa shape index (κ1) is 17.7. The summed E-state index contributed by atoms with van der Waals surface area (Å²) in [6, 6.07) is 3.96. The van der Waals surface area contributed by atoms with E-state index in [0.29, 0.717) is 18.2 Å². The number of methoxy groups -OCH3 is 1. The quantitative estimate of drug-likeness (QED) is 0.861. The Kier molecular flexibility index (Phi) is 6.36. The zero-order valence-corrected chi connectivity index (χ0v) is 14.1. The topological polar surface area (TPSA) is 44.8 Å². The first-order valence-electron chi connectivity index (χ1n) is 8.02. The lowest BCUT2D eigenvalue weighted by Crippen LogP contribution is -2.46. The molecular weight excluding hydrogens is 297 g/mol. The highest BCUT2D eigenvalue weighted by Gasteiger charge is 2.18. The van der Waals surface area contributed by atoms with Gasteiger partial charge in [0.15, 0.2) is 0 Å². The average molecular weight is 323 g/mol. The van der Waals surface area contributed by atoms with E-state index in [2.05, 4.69) is 29.1 Å². The predicted molar refractivity (Wildman–Crippen MR) is 88.4 cm³/mol. The lowest BCUT2D eigenvalue weighted by atomic mass is 10.1. The molecule has 1 saturated heterocycles. The summed E-state index contributed by atoms with van der Waals surface area (Å²) in [7, 11) is 3.60. The largest absolute Gasteiger partial charge is 0.496 e. The van der Waals surface area contributed by atoms with Crippen molar-refractivity contribution in [3.8, 4) is 5.75 Å². The third-order valence-electron chi connectivity index (χ3n) is 4.18. The first-order valence-corrected chi connectivity index (χ1v) is 8.02. The van der Waals surface area contributed by atoms with Crippen LogP contribution in [0, 0.1) is 11.7 Å². The number of amides is 1. The van der Waals surface area contributed by atoms with Crippen molar-refractivity contribution in [2.45, 2.75) is 6.92 Å². The van der Waals surface area contributed by atoms with E-state index in [1.54, 1.807) is 0 Å². The molecular formula is C17H26FN3O2. The SMILES string of the molecule is COc1ccc(F)cc1C(=O)NC[C@@H](C)CN1CCN(C)CC1. The minimum absolute atomic E-state index is 0.235. The highest BCUT2D eigenvalue weighted by atomic mass is 19.1. The van der Waals surface area contributed by atoms with Crippen molar-refractivity contribution in [1.82, 2.24) is 15.1 Å². The third kappa shape index (κ3) is 5.18. The molecule has 1 aromatic carbocycles. The normalized spacial score (nSPS) is 17.7. The summed E-state index contributed by atoms with van der Waals surface area (Å²) in [6.07, 6.45) is 0. The van der Waals surface area contributed by atoms with E-state index >= 15 is 0 Å². The molecule has 0 aliphatic carbocycles. The molecule has 1 amide bonds. The highest BCUT2D eigenvalue weighted by molar-refractivity contribution is 5.96. The fraction of sp³-hybridized carbons (Fsp3) is 0.588. The maximum absolute atomic E-state index is 13.3. The number of carbonyl (C=O) groups excluding carboxylic acids is 1. The lowest BCUT2D eigenvalue weighted by Gasteiger charge is -2.33. The summed E-state index contributed by atoms with van der Waals surface area (Å²) < 4.78 is 18.5. The predicted octanol–water partition coefficient (Wildman–Crippen LogP) is 1.45. The zero-order valence-electron chi connectivity index (χ0n) is 14.1. The number of carbonyl (C=O) groups is 1. The molecule has 0 spiro atoms. The van der Waals surface area contributed by atoms with Crippen molar-refractivity contribution in [3.63, 3.8) is 0 Å². The molecule has 1 aromatic rings. The van der Waals surface area contributed by atoms with Crippen molar-refractivity contribution >= 4 is 5.91 Å². The fourth-order valence-electron chi connectivity index (χ4n) is 2.76. The summed E-state index contributed by atoms with van der Waals surface area (Å²) in [5.74, 6) is -0.0226. The molecule has 1 fully saturated rings. The van der Waals surface area contributed by atoms with Gasteiger partial charge in [-0.15, -0.1) is 0 Å². The Bertz CT molecular complexity index is 531. The number of hydrogen-bond donors (Lipinski definition) is 1. The number of halogens is 1. The third-order valence-corrected chi connectivity index (χ3v) is 4.18. The smallest absolute Gasteiger partial charge is 0.255 e. The molecule has 1 atom stereocenters. The van der Waals surface area contributed by atoms with Crippen LogP contribution in [0.15, 0.2) is 18.2 Å². The van der Waals surface area contributed by atoms with Crippen LogP contribution in [-0.4, -0.2) is 69.1 Å². The van der Waals surface area contributed by atoms with Crippen LogP contribution < -0.4 is 10.1 Å². The Hall–Kier alpha value is -1.66. The van der Waals surface area contributed by atoms with Crippen molar-refractivity contribution in [2.24, 2.45) is 5.92 Å². The molecule has 1 N–H and O–H groups in total. The number of likely N-dealkylation sites (N-methyl/N-ethyl adjacent to an activating group) is 1. The molecule has 0 saturated carbocycles. The number of nitrogens with one attached hydrogen (secondary N) is 1. The van der Waals surface area contributed by atoms with Gasteiger partial charge in [0.1, 0.15) is 11.6 Å². The second-order valence-electron chi connectivity index (χ2n) is 6.26. The van der Waals surface area contributed by atoms with Crippen molar-refractivity contribution in [3.05, 3.63) is 29.6 Å². The molecule has 6 heteroatoms. The maximum atomic E-state index is 13.3. The van der Waals surface area contributed by atoms with Crippen molar-refractivity contribution < 1.29 is 13.9 Å². The summed E-state index contributed by atoms with van der Waals surface area (Å²) in [4.78, 5) is 17.0. The molecule has 5 nitrogen and oxygen atoms in total. The molecule has 0 unspecified atom stereocenters. The lowest BCUT2D eigenvalue weighted by molar-refractivity contribution is 0.0934. The molecule has 128 valence electrons. The number of hydrogen-bond acceptors (Lipinski definition) is 4. The van der Waals surface area contributed by atoms with Crippen LogP contribution in [0.3, 0.4) is 0 Å². The van der Waals surface area contributed by atoms with Crippen LogP contribution in [0.2, 0.25) is 0 Å². The van der Waals surface area contributed by atoms with Crippen LogP contribution in [0.1, 0.15) is 17.3 Å². The van der Waals surface area contributed by atoms with Gasteiger partial charge in [-0.1, -0.05) is 6.92 Å². The van der Waals surface area contributed by atoms with E-state index in [0.717, 1.165) is 32.7 Å². The molecule has 1 heterocycles. The monoisotopic (exact) mass is 323 g/mol. The van der Waals surface area contributed by atoms with E-state index in [1.807, 2.05) is 0 Å². The number of ether oxygens (including phenoxy) is 1. The van der Waals surface area contributed by atoms with Gasteiger partial charge < -0.3 is 19.9 Å². The van der Waals surface area contributed by atoms with E-state index in [9.17, 15) is 9.18 Å². The molecule has 2 rings (SSSR count). The Morgan fingerprint density at radius 2 is 2.04 bits per heavy atom. The number of benzene rings is 1. The van der Waals surface area contributed by atoms with Crippen LogP contribution in [0.25, 0.3) is 0 Å². The standard InChI is InChI=1S/C17H26FN3O2/c1-13(12-21-8-6-20(2)7-9-21)11-19-17(22)15-10-14(18)4-5-16(15)23-3/h4-5,10,13H,6-9,11-12H2,1-3H3,(H,19,22)/t13-/m1/s1.